The zero-order chi connectivity index (χ0) is 17.8. The maximum absolute atomic E-state index is 12.5. The van der Waals surface area contributed by atoms with Gasteiger partial charge in [0.2, 0.25) is 5.89 Å². The summed E-state index contributed by atoms with van der Waals surface area (Å²) >= 11 is 13.5. The van der Waals surface area contributed by atoms with Gasteiger partial charge in [-0.2, -0.15) is 0 Å². The van der Waals surface area contributed by atoms with E-state index in [1.165, 1.54) is 0 Å². The molecule has 0 aliphatic heterocycles. The first-order chi connectivity index (χ1) is 12.1. The highest BCUT2D eigenvalue weighted by atomic mass is 35.5. The third kappa shape index (κ3) is 4.34. The molecule has 3 aromatic rings. The highest BCUT2D eigenvalue weighted by Crippen LogP contribution is 2.28. The van der Waals surface area contributed by atoms with Crippen molar-refractivity contribution in [3.63, 3.8) is 0 Å². The van der Waals surface area contributed by atoms with Crippen molar-refractivity contribution < 1.29 is 9.21 Å². The number of anilines is 1. The van der Waals surface area contributed by atoms with Gasteiger partial charge >= 0.3 is 6.01 Å². The van der Waals surface area contributed by atoms with Crippen LogP contribution in [0, 0.1) is 0 Å². The third-order valence-electron chi connectivity index (χ3n) is 3.19. The molecule has 1 N–H and O–H groups in total. The van der Waals surface area contributed by atoms with Crippen LogP contribution in [0.15, 0.2) is 51.8 Å². The van der Waals surface area contributed by atoms with Gasteiger partial charge in [-0.05, 0) is 36.1 Å². The van der Waals surface area contributed by atoms with Gasteiger partial charge in [0.25, 0.3) is 5.91 Å². The normalized spacial score (nSPS) is 10.7. The maximum atomic E-state index is 12.5. The Morgan fingerprint density at radius 2 is 1.88 bits per heavy atom. The first kappa shape index (κ1) is 17.8. The summed E-state index contributed by atoms with van der Waals surface area (Å²) < 4.78 is 5.49. The Morgan fingerprint density at radius 1 is 1.16 bits per heavy atom. The number of rotatable bonds is 5. The molecule has 3 rings (SSSR count). The minimum absolute atomic E-state index is 0.00685. The predicted molar refractivity (Wildman–Crippen MR) is 101 cm³/mol. The van der Waals surface area contributed by atoms with Crippen molar-refractivity contribution in [2.75, 3.05) is 11.1 Å². The summed E-state index contributed by atoms with van der Waals surface area (Å²) in [6.45, 7) is 2.03. The number of thioether (sulfide) groups is 1. The first-order valence-corrected chi connectivity index (χ1v) is 9.14. The molecule has 1 aromatic heterocycles. The molecule has 25 heavy (non-hydrogen) atoms. The van der Waals surface area contributed by atoms with Gasteiger partial charge in [-0.1, -0.05) is 47.4 Å². The highest BCUT2D eigenvalue weighted by molar-refractivity contribution is 7.99. The molecule has 1 heterocycles. The fourth-order valence-corrected chi connectivity index (χ4v) is 3.50. The van der Waals surface area contributed by atoms with Crippen molar-refractivity contribution in [1.82, 2.24) is 10.2 Å². The van der Waals surface area contributed by atoms with Crippen LogP contribution in [0.25, 0.3) is 11.5 Å². The molecular formula is C17H13Cl2N3O2S. The Hall–Kier alpha value is -2.02. The molecule has 0 aliphatic carbocycles. The molecule has 0 bridgehead atoms. The number of aromatic nitrogens is 2. The second kappa shape index (κ2) is 7.91. The standard InChI is InChI=1S/C17H13Cl2N3O2S/c1-2-25-14-6-4-3-5-13(14)15(23)20-17-22-21-16(24-17)10-7-11(18)9-12(19)8-10/h3-9H,2H2,1H3,(H,20,22,23). The Labute approximate surface area is 158 Å². The van der Waals surface area contributed by atoms with Crippen LogP contribution in [0.2, 0.25) is 10.0 Å². The van der Waals surface area contributed by atoms with Crippen LogP contribution in [0.1, 0.15) is 17.3 Å². The molecule has 0 fully saturated rings. The number of hydrogen-bond acceptors (Lipinski definition) is 5. The quantitative estimate of drug-likeness (QED) is 0.587. The van der Waals surface area contributed by atoms with Crippen LogP contribution in [0.4, 0.5) is 6.01 Å². The molecule has 0 unspecified atom stereocenters. The van der Waals surface area contributed by atoms with Crippen LogP contribution in [-0.4, -0.2) is 21.9 Å². The van der Waals surface area contributed by atoms with Crippen molar-refractivity contribution in [2.24, 2.45) is 0 Å². The fraction of sp³-hybridized carbons (Fsp3) is 0.118. The van der Waals surface area contributed by atoms with Crippen molar-refractivity contribution in [3.8, 4) is 11.5 Å². The van der Waals surface area contributed by atoms with Crippen LogP contribution in [0.3, 0.4) is 0 Å². The zero-order valence-corrected chi connectivity index (χ0v) is 15.5. The summed E-state index contributed by atoms with van der Waals surface area (Å²) in [5.41, 5.74) is 1.13. The van der Waals surface area contributed by atoms with Gasteiger partial charge in [0.1, 0.15) is 0 Å². The zero-order valence-electron chi connectivity index (χ0n) is 13.1. The van der Waals surface area contributed by atoms with E-state index < -0.39 is 0 Å². The summed E-state index contributed by atoms with van der Waals surface area (Å²) in [6, 6.07) is 12.3. The number of carbonyl (C=O) groups excluding carboxylic acids is 1. The summed E-state index contributed by atoms with van der Waals surface area (Å²) in [4.78, 5) is 13.4. The topological polar surface area (TPSA) is 68.0 Å². The van der Waals surface area contributed by atoms with E-state index in [0.29, 0.717) is 21.2 Å². The lowest BCUT2D eigenvalue weighted by Gasteiger charge is -2.06. The molecule has 2 aromatic carbocycles. The van der Waals surface area contributed by atoms with E-state index in [2.05, 4.69) is 15.5 Å². The Kier molecular flexibility index (Phi) is 5.63. The molecule has 5 nitrogen and oxygen atoms in total. The molecule has 0 spiro atoms. The van der Waals surface area contributed by atoms with E-state index in [1.807, 2.05) is 25.1 Å². The number of carbonyl (C=O) groups is 1. The average molecular weight is 394 g/mol. The lowest BCUT2D eigenvalue weighted by Crippen LogP contribution is -2.13. The van der Waals surface area contributed by atoms with E-state index in [1.54, 1.807) is 36.0 Å². The summed E-state index contributed by atoms with van der Waals surface area (Å²) in [5, 5.41) is 11.3. The van der Waals surface area contributed by atoms with E-state index in [9.17, 15) is 4.79 Å². The number of halogens is 2. The Morgan fingerprint density at radius 3 is 2.60 bits per heavy atom. The van der Waals surface area contributed by atoms with Gasteiger partial charge in [-0.15, -0.1) is 16.9 Å². The predicted octanol–water partition coefficient (Wildman–Crippen LogP) is 5.41. The summed E-state index contributed by atoms with van der Waals surface area (Å²) in [6.07, 6.45) is 0. The maximum Gasteiger partial charge on any atom is 0.322 e. The first-order valence-electron chi connectivity index (χ1n) is 7.40. The molecule has 0 radical (unpaired) electrons. The van der Waals surface area contributed by atoms with Crippen molar-refractivity contribution in [3.05, 3.63) is 58.1 Å². The Balaban J connectivity index is 1.81. The van der Waals surface area contributed by atoms with Gasteiger partial charge in [0, 0.05) is 20.5 Å². The van der Waals surface area contributed by atoms with Gasteiger partial charge in [-0.3, -0.25) is 10.1 Å². The number of nitrogens with zero attached hydrogens (tertiary/aromatic N) is 2. The molecule has 0 saturated carbocycles. The van der Waals surface area contributed by atoms with Gasteiger partial charge in [0.05, 0.1) is 5.56 Å². The lowest BCUT2D eigenvalue weighted by molar-refractivity contribution is 0.102. The van der Waals surface area contributed by atoms with Crippen LogP contribution in [-0.2, 0) is 0 Å². The monoisotopic (exact) mass is 393 g/mol. The molecular weight excluding hydrogens is 381 g/mol. The minimum Gasteiger partial charge on any atom is -0.403 e. The molecule has 0 atom stereocenters. The van der Waals surface area contributed by atoms with Crippen LogP contribution in [0.5, 0.6) is 0 Å². The van der Waals surface area contributed by atoms with Crippen molar-refractivity contribution in [1.29, 1.82) is 0 Å². The van der Waals surface area contributed by atoms with Gasteiger partial charge < -0.3 is 4.42 Å². The number of nitrogens with one attached hydrogen (secondary N) is 1. The number of benzene rings is 2. The largest absolute Gasteiger partial charge is 0.403 e. The summed E-state index contributed by atoms with van der Waals surface area (Å²) in [7, 11) is 0. The smallest absolute Gasteiger partial charge is 0.322 e. The molecule has 0 saturated heterocycles. The number of amides is 1. The molecule has 128 valence electrons. The van der Waals surface area contributed by atoms with Crippen molar-refractivity contribution >= 4 is 46.9 Å². The Bertz CT molecular complexity index is 894. The minimum atomic E-state index is -0.309. The highest BCUT2D eigenvalue weighted by Gasteiger charge is 2.16. The SMILES string of the molecule is CCSc1ccccc1C(=O)Nc1nnc(-c2cc(Cl)cc(Cl)c2)o1. The van der Waals surface area contributed by atoms with E-state index in [4.69, 9.17) is 27.6 Å². The van der Waals surface area contributed by atoms with Crippen molar-refractivity contribution in [2.45, 2.75) is 11.8 Å². The van der Waals surface area contributed by atoms with Crippen LogP contribution >= 0.6 is 35.0 Å². The number of hydrogen-bond donors (Lipinski definition) is 1. The van der Waals surface area contributed by atoms with E-state index >= 15 is 0 Å². The second-order valence-corrected chi connectivity index (χ2v) is 7.13. The lowest BCUT2D eigenvalue weighted by atomic mass is 10.2. The van der Waals surface area contributed by atoms with Gasteiger partial charge in [0.15, 0.2) is 0 Å². The average Bonchev–Trinajstić information content (AvgIpc) is 3.03. The molecule has 8 heteroatoms. The van der Waals surface area contributed by atoms with Gasteiger partial charge in [-0.25, -0.2) is 0 Å². The fourth-order valence-electron chi connectivity index (χ4n) is 2.17. The third-order valence-corrected chi connectivity index (χ3v) is 4.58. The van der Waals surface area contributed by atoms with Crippen LogP contribution < -0.4 is 5.32 Å². The van der Waals surface area contributed by atoms with E-state index in [0.717, 1.165) is 10.6 Å². The molecule has 1 amide bonds. The van der Waals surface area contributed by atoms with E-state index in [-0.39, 0.29) is 17.8 Å². The molecule has 0 aliphatic rings. The summed E-state index contributed by atoms with van der Waals surface area (Å²) in [5.74, 6) is 0.775. The second-order valence-electron chi connectivity index (χ2n) is 4.95.